The highest BCUT2D eigenvalue weighted by molar-refractivity contribution is 7.89. The van der Waals surface area contributed by atoms with Crippen LogP contribution in [0.3, 0.4) is 0 Å². The molecule has 0 aliphatic heterocycles. The Morgan fingerprint density at radius 3 is 2.81 bits per heavy atom. The number of hydrogen-bond acceptors (Lipinski definition) is 5. The number of sulfonamides is 1. The molecule has 0 amide bonds. The van der Waals surface area contributed by atoms with Gasteiger partial charge in [0.05, 0.1) is 6.20 Å². The SMILES string of the molecule is COCCC(C)(C)CNS(=O)(=O)c1cnn(CCCO)c1. The van der Waals surface area contributed by atoms with Crippen LogP contribution in [0.15, 0.2) is 17.3 Å². The maximum atomic E-state index is 12.2. The highest BCUT2D eigenvalue weighted by Crippen LogP contribution is 2.20. The molecule has 21 heavy (non-hydrogen) atoms. The van der Waals surface area contributed by atoms with Gasteiger partial charge in [-0.15, -0.1) is 0 Å². The van der Waals surface area contributed by atoms with E-state index >= 15 is 0 Å². The lowest BCUT2D eigenvalue weighted by atomic mass is 9.90. The van der Waals surface area contributed by atoms with Crippen molar-refractivity contribution < 1.29 is 18.3 Å². The van der Waals surface area contributed by atoms with E-state index in [0.29, 0.717) is 26.1 Å². The highest BCUT2D eigenvalue weighted by Gasteiger charge is 2.23. The van der Waals surface area contributed by atoms with Crippen molar-refractivity contribution in [3.05, 3.63) is 12.4 Å². The molecule has 0 aliphatic carbocycles. The lowest BCUT2D eigenvalue weighted by Crippen LogP contribution is -2.34. The molecule has 0 spiro atoms. The maximum Gasteiger partial charge on any atom is 0.243 e. The molecule has 7 nitrogen and oxygen atoms in total. The van der Waals surface area contributed by atoms with E-state index in [9.17, 15) is 8.42 Å². The average molecular weight is 319 g/mol. The summed E-state index contributed by atoms with van der Waals surface area (Å²) < 4.78 is 33.5. The van der Waals surface area contributed by atoms with Crippen molar-refractivity contribution in [1.29, 1.82) is 0 Å². The van der Waals surface area contributed by atoms with E-state index in [-0.39, 0.29) is 16.9 Å². The van der Waals surface area contributed by atoms with E-state index in [1.165, 1.54) is 17.1 Å². The van der Waals surface area contributed by atoms with Crippen LogP contribution in [-0.2, 0) is 21.3 Å². The van der Waals surface area contributed by atoms with Crippen LogP contribution in [0.25, 0.3) is 0 Å². The third kappa shape index (κ3) is 6.13. The van der Waals surface area contributed by atoms with Gasteiger partial charge in [-0.2, -0.15) is 5.10 Å². The van der Waals surface area contributed by atoms with Gasteiger partial charge in [-0.3, -0.25) is 4.68 Å². The van der Waals surface area contributed by atoms with Crippen LogP contribution >= 0.6 is 0 Å². The summed E-state index contributed by atoms with van der Waals surface area (Å²) in [7, 11) is -1.93. The fraction of sp³-hybridized carbons (Fsp3) is 0.769. The lowest BCUT2D eigenvalue weighted by Gasteiger charge is -2.24. The Hall–Kier alpha value is -0.960. The summed E-state index contributed by atoms with van der Waals surface area (Å²) in [6.45, 7) is 5.44. The number of aliphatic hydroxyl groups is 1. The summed E-state index contributed by atoms with van der Waals surface area (Å²) in [4.78, 5) is 0.142. The van der Waals surface area contributed by atoms with Crippen molar-refractivity contribution in [2.45, 2.75) is 38.1 Å². The highest BCUT2D eigenvalue weighted by atomic mass is 32.2. The van der Waals surface area contributed by atoms with Gasteiger partial charge in [-0.1, -0.05) is 13.8 Å². The minimum atomic E-state index is -3.56. The van der Waals surface area contributed by atoms with E-state index in [2.05, 4.69) is 9.82 Å². The zero-order valence-electron chi connectivity index (χ0n) is 12.9. The number of aromatic nitrogens is 2. The predicted octanol–water partition coefficient (Wildman–Crippen LogP) is 0.606. The lowest BCUT2D eigenvalue weighted by molar-refractivity contribution is 0.153. The topological polar surface area (TPSA) is 93.5 Å². The minimum Gasteiger partial charge on any atom is -0.396 e. The fourth-order valence-electron chi connectivity index (χ4n) is 1.68. The zero-order valence-corrected chi connectivity index (χ0v) is 13.7. The zero-order chi connectivity index (χ0) is 15.9. The molecule has 0 aliphatic rings. The van der Waals surface area contributed by atoms with Gasteiger partial charge in [-0.05, 0) is 18.3 Å². The van der Waals surface area contributed by atoms with E-state index in [0.717, 1.165) is 6.42 Å². The standard InChI is InChI=1S/C13H25N3O4S/c1-13(2,5-8-20-3)11-15-21(18,19)12-9-14-16(10-12)6-4-7-17/h9-10,15,17H,4-8,11H2,1-3H3. The molecule has 0 atom stereocenters. The van der Waals surface area contributed by atoms with Gasteiger partial charge < -0.3 is 9.84 Å². The van der Waals surface area contributed by atoms with Crippen molar-refractivity contribution in [3.63, 3.8) is 0 Å². The number of ether oxygens (including phenoxy) is 1. The van der Waals surface area contributed by atoms with Crippen LogP contribution in [0, 0.1) is 5.41 Å². The Labute approximate surface area is 126 Å². The van der Waals surface area contributed by atoms with Crippen molar-refractivity contribution in [2.75, 3.05) is 26.9 Å². The van der Waals surface area contributed by atoms with E-state index < -0.39 is 10.0 Å². The van der Waals surface area contributed by atoms with E-state index in [4.69, 9.17) is 9.84 Å². The van der Waals surface area contributed by atoms with Gasteiger partial charge in [0.25, 0.3) is 0 Å². The molecule has 0 bridgehead atoms. The van der Waals surface area contributed by atoms with Crippen molar-refractivity contribution in [2.24, 2.45) is 5.41 Å². The molecule has 0 unspecified atom stereocenters. The molecule has 0 aromatic carbocycles. The number of methoxy groups -OCH3 is 1. The maximum absolute atomic E-state index is 12.2. The van der Waals surface area contributed by atoms with Crippen LogP contribution in [0.5, 0.6) is 0 Å². The normalized spacial score (nSPS) is 12.8. The van der Waals surface area contributed by atoms with Gasteiger partial charge in [0.1, 0.15) is 4.90 Å². The van der Waals surface area contributed by atoms with Crippen molar-refractivity contribution in [3.8, 4) is 0 Å². The largest absolute Gasteiger partial charge is 0.396 e. The van der Waals surface area contributed by atoms with Gasteiger partial charge in [0.2, 0.25) is 10.0 Å². The molecule has 1 heterocycles. The molecule has 0 saturated heterocycles. The first-order valence-electron chi connectivity index (χ1n) is 6.93. The minimum absolute atomic E-state index is 0.0495. The molecular weight excluding hydrogens is 294 g/mol. The summed E-state index contributed by atoms with van der Waals surface area (Å²) in [6.07, 6.45) is 4.10. The summed E-state index contributed by atoms with van der Waals surface area (Å²) in [6, 6.07) is 0. The Balaban J connectivity index is 2.62. The number of hydrogen-bond donors (Lipinski definition) is 2. The number of nitrogens with zero attached hydrogens (tertiary/aromatic N) is 2. The summed E-state index contributed by atoms with van der Waals surface area (Å²) in [5.74, 6) is 0. The monoisotopic (exact) mass is 319 g/mol. The molecule has 8 heteroatoms. The first-order chi connectivity index (χ1) is 9.80. The second-order valence-electron chi connectivity index (χ2n) is 5.75. The molecule has 0 radical (unpaired) electrons. The molecule has 1 aromatic rings. The molecule has 1 rings (SSSR count). The van der Waals surface area contributed by atoms with Gasteiger partial charge in [0.15, 0.2) is 0 Å². The summed E-state index contributed by atoms with van der Waals surface area (Å²) >= 11 is 0. The summed E-state index contributed by atoms with van der Waals surface area (Å²) in [5, 5.41) is 12.7. The number of aryl methyl sites for hydroxylation is 1. The Kier molecular flexibility index (Phi) is 6.79. The predicted molar refractivity (Wildman–Crippen MR) is 79.4 cm³/mol. The number of nitrogens with one attached hydrogen (secondary N) is 1. The smallest absolute Gasteiger partial charge is 0.243 e. The van der Waals surface area contributed by atoms with Gasteiger partial charge >= 0.3 is 0 Å². The molecular formula is C13H25N3O4S. The Bertz CT molecular complexity index is 525. The number of aliphatic hydroxyl groups excluding tert-OH is 1. The van der Waals surface area contributed by atoms with Crippen LogP contribution in [0.2, 0.25) is 0 Å². The van der Waals surface area contributed by atoms with Crippen molar-refractivity contribution in [1.82, 2.24) is 14.5 Å². The molecule has 0 saturated carbocycles. The van der Waals surface area contributed by atoms with E-state index in [1.807, 2.05) is 13.8 Å². The first kappa shape index (κ1) is 18.1. The second-order valence-corrected chi connectivity index (χ2v) is 7.51. The second kappa shape index (κ2) is 7.88. The van der Waals surface area contributed by atoms with Crippen LogP contribution in [-0.4, -0.2) is 50.2 Å². The molecule has 0 fully saturated rings. The molecule has 122 valence electrons. The van der Waals surface area contributed by atoms with Crippen molar-refractivity contribution >= 4 is 10.0 Å². The molecule has 1 aromatic heterocycles. The van der Waals surface area contributed by atoms with Crippen LogP contribution in [0.1, 0.15) is 26.7 Å². The van der Waals surface area contributed by atoms with Crippen LogP contribution < -0.4 is 4.72 Å². The molecule has 2 N–H and O–H groups in total. The quantitative estimate of drug-likeness (QED) is 0.659. The van der Waals surface area contributed by atoms with E-state index in [1.54, 1.807) is 7.11 Å². The summed E-state index contributed by atoms with van der Waals surface area (Å²) in [5.41, 5.74) is -0.185. The fourth-order valence-corrected chi connectivity index (χ4v) is 2.87. The third-order valence-electron chi connectivity index (χ3n) is 3.19. The Morgan fingerprint density at radius 1 is 1.48 bits per heavy atom. The average Bonchev–Trinajstić information content (AvgIpc) is 2.91. The van der Waals surface area contributed by atoms with Crippen LogP contribution in [0.4, 0.5) is 0 Å². The van der Waals surface area contributed by atoms with Gasteiger partial charge in [-0.25, -0.2) is 13.1 Å². The van der Waals surface area contributed by atoms with Gasteiger partial charge in [0, 0.05) is 39.6 Å². The first-order valence-corrected chi connectivity index (χ1v) is 8.41. The third-order valence-corrected chi connectivity index (χ3v) is 4.54. The Morgan fingerprint density at radius 2 is 2.19 bits per heavy atom. The number of rotatable bonds is 10.